The fourth-order valence-electron chi connectivity index (χ4n) is 3.39. The molecule has 10 heteroatoms. The van der Waals surface area contributed by atoms with Gasteiger partial charge < -0.3 is 24.5 Å². The second kappa shape index (κ2) is 10.0. The molecule has 34 heavy (non-hydrogen) atoms. The zero-order valence-electron chi connectivity index (χ0n) is 18.5. The molecular formula is C24H22N4O6. The largest absolute Gasteiger partial charge is 0.493 e. The van der Waals surface area contributed by atoms with E-state index < -0.39 is 16.5 Å². The van der Waals surface area contributed by atoms with Gasteiger partial charge in [0.1, 0.15) is 18.0 Å². The average molecular weight is 462 g/mol. The number of carbonyl (C=O) groups excluding carboxylic acids is 1. The number of para-hydroxylation sites is 2. The highest BCUT2D eigenvalue weighted by Gasteiger charge is 2.25. The van der Waals surface area contributed by atoms with Gasteiger partial charge >= 0.3 is 0 Å². The number of benzene rings is 3. The van der Waals surface area contributed by atoms with Gasteiger partial charge in [0.15, 0.2) is 11.5 Å². The Morgan fingerprint density at radius 2 is 1.82 bits per heavy atom. The van der Waals surface area contributed by atoms with Crippen molar-refractivity contribution >= 4 is 28.3 Å². The molecule has 0 unspecified atom stereocenters. The summed E-state index contributed by atoms with van der Waals surface area (Å²) in [6.07, 6.45) is 0. The van der Waals surface area contributed by atoms with E-state index in [0.717, 1.165) is 16.6 Å². The van der Waals surface area contributed by atoms with Crippen LogP contribution in [0.25, 0.3) is 22.4 Å². The number of H-pyrrole nitrogens is 1. The lowest BCUT2D eigenvalue weighted by Crippen LogP contribution is -2.15. The summed E-state index contributed by atoms with van der Waals surface area (Å²) in [6.45, 7) is 0.469. The molecule has 0 spiro atoms. The lowest BCUT2D eigenvalue weighted by atomic mass is 10.1. The first kappa shape index (κ1) is 22.7. The van der Waals surface area contributed by atoms with Crippen LogP contribution in [0.1, 0.15) is 10.4 Å². The van der Waals surface area contributed by atoms with E-state index >= 15 is 0 Å². The van der Waals surface area contributed by atoms with E-state index in [2.05, 4.69) is 15.3 Å². The zero-order valence-corrected chi connectivity index (χ0v) is 18.5. The third kappa shape index (κ3) is 4.81. The molecule has 10 nitrogen and oxygen atoms in total. The van der Waals surface area contributed by atoms with Crippen molar-refractivity contribution in [3.8, 4) is 22.9 Å². The molecule has 4 aromatic rings. The van der Waals surface area contributed by atoms with E-state index in [1.54, 1.807) is 24.3 Å². The van der Waals surface area contributed by atoms with Gasteiger partial charge in [-0.1, -0.05) is 12.1 Å². The molecule has 1 heterocycles. The van der Waals surface area contributed by atoms with Crippen LogP contribution in [0, 0.1) is 10.1 Å². The summed E-state index contributed by atoms with van der Waals surface area (Å²) in [4.78, 5) is 31.7. The molecule has 0 bridgehead atoms. The first-order valence-electron chi connectivity index (χ1n) is 10.3. The van der Waals surface area contributed by atoms with Crippen LogP contribution < -0.4 is 14.8 Å². The summed E-state index contributed by atoms with van der Waals surface area (Å²) in [5, 5.41) is 14.3. The Bertz CT molecular complexity index is 1300. The lowest BCUT2D eigenvalue weighted by Gasteiger charge is -2.13. The van der Waals surface area contributed by atoms with Gasteiger partial charge in [-0.15, -0.1) is 0 Å². The third-order valence-electron chi connectivity index (χ3n) is 5.07. The number of hydrogen-bond acceptors (Lipinski definition) is 7. The van der Waals surface area contributed by atoms with Gasteiger partial charge in [0, 0.05) is 24.4 Å². The molecule has 0 fully saturated rings. The highest BCUT2D eigenvalue weighted by Crippen LogP contribution is 2.35. The Morgan fingerprint density at radius 3 is 2.50 bits per heavy atom. The van der Waals surface area contributed by atoms with Crippen LogP contribution in [0.3, 0.4) is 0 Å². The van der Waals surface area contributed by atoms with Crippen molar-refractivity contribution in [1.82, 2.24) is 9.97 Å². The Kier molecular flexibility index (Phi) is 6.69. The molecule has 0 saturated heterocycles. The molecule has 0 radical (unpaired) electrons. The quantitative estimate of drug-likeness (QED) is 0.214. The number of aromatic amines is 1. The van der Waals surface area contributed by atoms with Gasteiger partial charge in [-0.3, -0.25) is 14.9 Å². The van der Waals surface area contributed by atoms with E-state index in [1.165, 1.54) is 26.4 Å². The predicted molar refractivity (Wildman–Crippen MR) is 127 cm³/mol. The summed E-state index contributed by atoms with van der Waals surface area (Å²) >= 11 is 0. The SMILES string of the molecule is COCCOc1cc([N+](=O)[O-])c(C(=O)Nc2ccc(-c3nc4ccccc4[nH]3)cc2)cc1OC. The van der Waals surface area contributed by atoms with Crippen molar-refractivity contribution in [2.75, 3.05) is 32.8 Å². The molecule has 0 atom stereocenters. The van der Waals surface area contributed by atoms with Gasteiger partial charge in [0.05, 0.1) is 35.7 Å². The number of nitrogens with one attached hydrogen (secondary N) is 2. The topological polar surface area (TPSA) is 129 Å². The van der Waals surface area contributed by atoms with Crippen molar-refractivity contribution in [3.63, 3.8) is 0 Å². The fourth-order valence-corrected chi connectivity index (χ4v) is 3.39. The number of methoxy groups -OCH3 is 2. The second-order valence-corrected chi connectivity index (χ2v) is 7.25. The number of carbonyl (C=O) groups is 1. The Hall–Kier alpha value is -4.44. The number of nitro benzene ring substituents is 1. The van der Waals surface area contributed by atoms with Crippen LogP contribution in [0.15, 0.2) is 60.7 Å². The number of anilines is 1. The van der Waals surface area contributed by atoms with Crippen LogP contribution in [0.4, 0.5) is 11.4 Å². The van der Waals surface area contributed by atoms with E-state index in [9.17, 15) is 14.9 Å². The standard InChI is InChI=1S/C24H22N4O6/c1-32-11-12-34-22-14-20(28(30)31)17(13-21(22)33-2)24(29)25-16-9-7-15(8-10-16)23-26-18-5-3-4-6-19(18)27-23/h3-10,13-14H,11-12H2,1-2H3,(H,25,29)(H,26,27). The Labute approximate surface area is 194 Å². The third-order valence-corrected chi connectivity index (χ3v) is 5.07. The molecule has 1 amide bonds. The molecule has 0 aliphatic rings. The van der Waals surface area contributed by atoms with Crippen LogP contribution in [-0.4, -0.2) is 48.2 Å². The summed E-state index contributed by atoms with van der Waals surface area (Å²) in [5.74, 6) is 0.401. The summed E-state index contributed by atoms with van der Waals surface area (Å²) < 4.78 is 15.7. The van der Waals surface area contributed by atoms with Crippen LogP contribution in [0.2, 0.25) is 0 Å². The molecule has 0 aliphatic heterocycles. The number of rotatable bonds is 9. The number of imidazole rings is 1. The van der Waals surface area contributed by atoms with Gasteiger partial charge in [-0.05, 0) is 36.4 Å². The molecule has 0 aliphatic carbocycles. The maximum absolute atomic E-state index is 12.9. The first-order chi connectivity index (χ1) is 16.5. The van der Waals surface area contributed by atoms with E-state index in [0.29, 0.717) is 18.1 Å². The van der Waals surface area contributed by atoms with E-state index in [-0.39, 0.29) is 23.7 Å². The summed E-state index contributed by atoms with van der Waals surface area (Å²) in [5.41, 5.74) is 2.53. The van der Waals surface area contributed by atoms with Crippen molar-refractivity contribution < 1.29 is 23.9 Å². The molecule has 1 aromatic heterocycles. The molecule has 174 valence electrons. The number of amides is 1. The maximum Gasteiger partial charge on any atom is 0.286 e. The van der Waals surface area contributed by atoms with Crippen molar-refractivity contribution in [3.05, 3.63) is 76.3 Å². The summed E-state index contributed by atoms with van der Waals surface area (Å²) in [6, 6.07) is 17.2. The lowest BCUT2D eigenvalue weighted by molar-refractivity contribution is -0.385. The Balaban J connectivity index is 1.56. The van der Waals surface area contributed by atoms with Crippen molar-refractivity contribution in [1.29, 1.82) is 0 Å². The minimum absolute atomic E-state index is 0.151. The number of fused-ring (bicyclic) bond motifs is 1. The molecular weight excluding hydrogens is 440 g/mol. The van der Waals surface area contributed by atoms with E-state index in [4.69, 9.17) is 14.2 Å². The van der Waals surface area contributed by atoms with Crippen LogP contribution in [0.5, 0.6) is 11.5 Å². The van der Waals surface area contributed by atoms with Crippen molar-refractivity contribution in [2.45, 2.75) is 0 Å². The van der Waals surface area contributed by atoms with Gasteiger partial charge in [0.2, 0.25) is 0 Å². The molecule has 3 aromatic carbocycles. The molecule has 0 saturated carbocycles. The molecule has 2 N–H and O–H groups in total. The smallest absolute Gasteiger partial charge is 0.286 e. The normalized spacial score (nSPS) is 10.8. The van der Waals surface area contributed by atoms with Gasteiger partial charge in [0.25, 0.3) is 11.6 Å². The van der Waals surface area contributed by atoms with Gasteiger partial charge in [-0.2, -0.15) is 0 Å². The monoisotopic (exact) mass is 462 g/mol. The number of nitrogens with zero attached hydrogens (tertiary/aromatic N) is 2. The maximum atomic E-state index is 12.9. The highest BCUT2D eigenvalue weighted by atomic mass is 16.6. The highest BCUT2D eigenvalue weighted by molar-refractivity contribution is 6.07. The van der Waals surface area contributed by atoms with Crippen molar-refractivity contribution in [2.24, 2.45) is 0 Å². The number of nitro groups is 1. The number of hydrogen-bond donors (Lipinski definition) is 2. The number of ether oxygens (including phenoxy) is 3. The first-order valence-corrected chi connectivity index (χ1v) is 10.3. The van der Waals surface area contributed by atoms with E-state index in [1.807, 2.05) is 24.3 Å². The second-order valence-electron chi connectivity index (χ2n) is 7.25. The number of aromatic nitrogens is 2. The van der Waals surface area contributed by atoms with Gasteiger partial charge in [-0.25, -0.2) is 4.98 Å². The van der Waals surface area contributed by atoms with Crippen LogP contribution >= 0.6 is 0 Å². The molecule has 4 rings (SSSR count). The fraction of sp³-hybridized carbons (Fsp3) is 0.167. The van der Waals surface area contributed by atoms with Crippen LogP contribution in [-0.2, 0) is 4.74 Å². The average Bonchev–Trinajstić information content (AvgIpc) is 3.28. The predicted octanol–water partition coefficient (Wildman–Crippen LogP) is 4.42. The Morgan fingerprint density at radius 1 is 1.06 bits per heavy atom. The zero-order chi connectivity index (χ0) is 24.1. The summed E-state index contributed by atoms with van der Waals surface area (Å²) in [7, 11) is 2.91. The minimum atomic E-state index is -0.648. The minimum Gasteiger partial charge on any atom is -0.493 e.